The van der Waals surface area contributed by atoms with Crippen LogP contribution in [0.2, 0.25) is 0 Å². The van der Waals surface area contributed by atoms with Crippen LogP contribution in [0, 0.1) is 17.8 Å². The van der Waals surface area contributed by atoms with Gasteiger partial charge in [-0.15, -0.1) is 0 Å². The maximum atomic E-state index is 14.3. The molecule has 0 bridgehead atoms. The average molecular weight is 1050 g/mol. The molecule has 416 valence electrons. The molecule has 0 radical (unpaired) electrons. The monoisotopic (exact) mass is 1050 g/mol. The van der Waals surface area contributed by atoms with E-state index in [9.17, 15) is 35.1 Å². The number of carbonyl (C=O) groups excluding carboxylic acids is 2. The Labute approximate surface area is 445 Å². The number of benzene rings is 3. The van der Waals surface area contributed by atoms with Crippen LogP contribution in [0.5, 0.6) is 0 Å². The number of aliphatic hydroxyl groups is 5. The number of rotatable bonds is 21. The number of hydrogen-bond donors (Lipinski definition) is 5. The largest absolute Gasteiger partial charge is 0.388 e. The van der Waals surface area contributed by atoms with E-state index in [1.165, 1.54) is 74.4 Å². The molecule has 0 saturated carbocycles. The topological polar surface area (TPSA) is 169 Å². The van der Waals surface area contributed by atoms with Crippen LogP contribution < -0.4 is 15.9 Å². The van der Waals surface area contributed by atoms with E-state index in [1.807, 2.05) is 32.8 Å². The Balaban J connectivity index is 1.16. The molecule has 0 aromatic heterocycles. The number of ether oxygens (including phenoxy) is 3. The number of nitrogens with zero attached hydrogens (tertiary/aromatic N) is 2. The van der Waals surface area contributed by atoms with Gasteiger partial charge < -0.3 is 49.5 Å². The predicted molar refractivity (Wildman–Crippen MR) is 301 cm³/mol. The third kappa shape index (κ3) is 15.9. The van der Waals surface area contributed by atoms with Crippen LogP contribution >= 0.6 is 7.26 Å². The molecule has 2 saturated heterocycles. The van der Waals surface area contributed by atoms with Crippen molar-refractivity contribution in [1.29, 1.82) is 0 Å². The number of cyclic esters (lactones) is 1. The first-order valence-electron chi connectivity index (χ1n) is 28.3. The summed E-state index contributed by atoms with van der Waals surface area (Å²) in [4.78, 5) is 31.6. The third-order valence-electron chi connectivity index (χ3n) is 16.7. The predicted octanol–water partition coefficient (Wildman–Crippen LogP) is 8.28. The second-order valence-corrected chi connectivity index (χ2v) is 27.2. The molecule has 5 N–H and O–H groups in total. The molecule has 74 heavy (non-hydrogen) atoms. The first-order chi connectivity index (χ1) is 35.2. The zero-order chi connectivity index (χ0) is 54.2. The fourth-order valence-electron chi connectivity index (χ4n) is 12.3. The maximum Gasteiger partial charge on any atom is 0.126 e. The van der Waals surface area contributed by atoms with E-state index >= 15 is 0 Å². The van der Waals surface area contributed by atoms with Crippen molar-refractivity contribution in [2.75, 3.05) is 26.8 Å². The van der Waals surface area contributed by atoms with Gasteiger partial charge in [-0.05, 0) is 73.9 Å². The fourth-order valence-corrected chi connectivity index (χ4v) is 17.3. The number of hydrogen-bond acceptors (Lipinski definition) is 11. The number of aliphatic hydroxyl groups excluding tert-OH is 3. The summed E-state index contributed by atoms with van der Waals surface area (Å²) in [5, 5.41) is 64.0. The summed E-state index contributed by atoms with van der Waals surface area (Å²) >= 11 is 0. The van der Waals surface area contributed by atoms with E-state index in [0.29, 0.717) is 12.8 Å². The van der Waals surface area contributed by atoms with Gasteiger partial charge in [0, 0.05) is 24.9 Å². The Morgan fingerprint density at radius 3 is 1.68 bits per heavy atom. The summed E-state index contributed by atoms with van der Waals surface area (Å²) in [6, 6.07) is 32.3. The molecule has 13 heteroatoms. The molecule has 5 rings (SSSR count). The van der Waals surface area contributed by atoms with E-state index < -0.39 is 79.1 Å². The number of amides is 1. The van der Waals surface area contributed by atoms with Crippen LogP contribution in [0.15, 0.2) is 91.0 Å². The molecule has 2 heterocycles. The van der Waals surface area contributed by atoms with Gasteiger partial charge in [0.2, 0.25) is 5.91 Å². The van der Waals surface area contributed by atoms with E-state index in [4.69, 9.17) is 14.2 Å². The molecule has 2 aliphatic heterocycles. The van der Waals surface area contributed by atoms with Gasteiger partial charge in [-0.3, -0.25) is 9.59 Å². The number of esters is 1. The van der Waals surface area contributed by atoms with Crippen molar-refractivity contribution in [1.82, 2.24) is 9.80 Å². The molecule has 1 amide bonds. The number of carbonyl (C=O) groups is 2. The minimum Gasteiger partial charge on any atom is -0.388 e. The zero-order valence-corrected chi connectivity index (χ0v) is 47.8. The summed E-state index contributed by atoms with van der Waals surface area (Å²) in [6.45, 7) is 13.6. The molecule has 12 nitrogen and oxygen atoms in total. The molecule has 0 unspecified atom stereocenters. The van der Waals surface area contributed by atoms with Crippen LogP contribution in [-0.2, 0) is 23.8 Å². The standard InChI is InChI=1S/C61H97N2O10P/c1-11-52-61(8,70)56(67)47(6)63(42-43(2)41-60(7,69)57(45(4)54(65)46(5)58(68)72-52)73-59-55(66)51(62(9)10)40-44(3)71-59)53(64)38-30-19-17-15-13-12-14-16-18-20-31-39-74(48-32-24-21-25-33-48,49-34-26-22-27-35-49)50-36-28-23-29-37-50/h21-29,32-37,43-47,51-52,54-57,59,65-67,69-70,74H,11-20,30-31,38-42H2,1-10H3/t43-,44-,45+,46-,47-,51+,52-,54+,55-,56-,57-,59+,60-,61-/m1/s1. The van der Waals surface area contributed by atoms with Crippen LogP contribution in [0.3, 0.4) is 0 Å². The number of unbranched alkanes of at least 4 members (excludes halogenated alkanes) is 10. The van der Waals surface area contributed by atoms with Crippen LogP contribution in [-0.4, -0.2) is 140 Å². The molecular weight excluding hydrogens is 952 g/mol. The quantitative estimate of drug-likeness (QED) is 0.0396. The summed E-state index contributed by atoms with van der Waals surface area (Å²) in [5.74, 6) is -3.31. The maximum absolute atomic E-state index is 14.3. The summed E-state index contributed by atoms with van der Waals surface area (Å²) in [7, 11) is 1.55. The zero-order valence-electron chi connectivity index (χ0n) is 46.8. The molecule has 2 fully saturated rings. The van der Waals surface area contributed by atoms with Crippen LogP contribution in [0.25, 0.3) is 0 Å². The number of likely N-dealkylation sites (N-methyl/N-ethyl adjacent to an activating group) is 1. The minimum absolute atomic E-state index is 0.0998. The van der Waals surface area contributed by atoms with E-state index in [0.717, 1.165) is 25.7 Å². The Hall–Kier alpha value is -3.29. The third-order valence-corrected chi connectivity index (χ3v) is 21.8. The average Bonchev–Trinajstić information content (AvgIpc) is 3.38. The summed E-state index contributed by atoms with van der Waals surface area (Å²) in [5.41, 5.74) is -3.61. The van der Waals surface area contributed by atoms with Gasteiger partial charge in [0.05, 0.1) is 35.9 Å². The van der Waals surface area contributed by atoms with E-state index in [1.54, 1.807) is 32.6 Å². The van der Waals surface area contributed by atoms with Crippen molar-refractivity contribution < 1.29 is 49.3 Å². The minimum atomic E-state index is -2.20. The second-order valence-electron chi connectivity index (χ2n) is 23.1. The van der Waals surface area contributed by atoms with Gasteiger partial charge >= 0.3 is 197 Å². The van der Waals surface area contributed by atoms with Crippen LogP contribution in [0.4, 0.5) is 0 Å². The fraction of sp³-hybridized carbons (Fsp3) is 0.672. The van der Waals surface area contributed by atoms with Gasteiger partial charge in [0.25, 0.3) is 0 Å². The van der Waals surface area contributed by atoms with E-state index in [2.05, 4.69) is 91.0 Å². The molecule has 2 aliphatic rings. The second kappa shape index (κ2) is 28.9. The van der Waals surface area contributed by atoms with Crippen molar-refractivity contribution in [3.05, 3.63) is 91.0 Å². The van der Waals surface area contributed by atoms with Crippen LogP contribution in [0.1, 0.15) is 152 Å². The molecule has 0 aliphatic carbocycles. The smallest absolute Gasteiger partial charge is 0.126 e. The van der Waals surface area contributed by atoms with Gasteiger partial charge in [-0.25, -0.2) is 0 Å². The van der Waals surface area contributed by atoms with Crippen molar-refractivity contribution in [2.24, 2.45) is 17.8 Å². The Kier molecular flexibility index (Phi) is 24.0. The Morgan fingerprint density at radius 2 is 1.20 bits per heavy atom. The molecule has 3 aromatic carbocycles. The summed E-state index contributed by atoms with van der Waals surface area (Å²) in [6.07, 6.45) is 6.77. The van der Waals surface area contributed by atoms with E-state index in [-0.39, 0.29) is 49.8 Å². The van der Waals surface area contributed by atoms with Gasteiger partial charge in [-0.2, -0.15) is 0 Å². The van der Waals surface area contributed by atoms with Crippen molar-refractivity contribution in [3.63, 3.8) is 0 Å². The van der Waals surface area contributed by atoms with Crippen molar-refractivity contribution >= 4 is 35.1 Å². The molecule has 14 atom stereocenters. The summed E-state index contributed by atoms with van der Waals surface area (Å²) < 4.78 is 18.6. The van der Waals surface area contributed by atoms with Gasteiger partial charge in [0.15, 0.2) is 6.29 Å². The normalized spacial score (nSPS) is 32.1. The Morgan fingerprint density at radius 1 is 0.730 bits per heavy atom. The van der Waals surface area contributed by atoms with Gasteiger partial charge in [0.1, 0.15) is 23.9 Å². The van der Waals surface area contributed by atoms with Crippen molar-refractivity contribution in [3.8, 4) is 0 Å². The van der Waals surface area contributed by atoms with Crippen molar-refractivity contribution in [2.45, 2.75) is 218 Å². The first kappa shape index (κ1) is 61.6. The molecule has 3 aromatic rings. The van der Waals surface area contributed by atoms with Gasteiger partial charge in [-0.1, -0.05) is 20.8 Å². The first-order valence-corrected chi connectivity index (χ1v) is 30.5. The SMILES string of the molecule is CC[C@H]1OC(=O)[C@H](C)[C@@H](O)[C@H](C)[C@@H](O[C@@H]2O[C@H](C)C[C@H](N(C)C)[C@H]2O)[C@](C)(O)C[C@@H](C)CN(C(=O)CCCCCCCCCCCCC[PH](c2ccccc2)(c2ccccc2)c2ccccc2)[C@H](C)[C@@H](O)[C@]1(C)O. The molecule has 0 spiro atoms. The Bertz CT molecular complexity index is 2000. The molecular formula is C61H97N2O10P.